The summed E-state index contributed by atoms with van der Waals surface area (Å²) in [6.07, 6.45) is 11.2. The summed E-state index contributed by atoms with van der Waals surface area (Å²) < 4.78 is 0. The van der Waals surface area contributed by atoms with E-state index in [-0.39, 0.29) is 5.41 Å². The quantitative estimate of drug-likeness (QED) is 0.652. The molecule has 2 nitrogen and oxygen atoms in total. The van der Waals surface area contributed by atoms with Crippen LogP contribution in [0.15, 0.2) is 11.6 Å². The zero-order valence-corrected chi connectivity index (χ0v) is 13.9. The molecule has 4 aliphatic carbocycles. The molecule has 0 spiro atoms. The van der Waals surface area contributed by atoms with Crippen LogP contribution in [0.5, 0.6) is 0 Å². The van der Waals surface area contributed by atoms with E-state index >= 15 is 0 Å². The molecular weight excluding hydrogens is 270 g/mol. The molecule has 0 saturated heterocycles. The Morgan fingerprint density at radius 3 is 2.68 bits per heavy atom. The molecule has 0 N–H and O–H groups in total. The Kier molecular flexibility index (Phi) is 3.09. The number of nitrogens with zero attached hydrogens (tertiary/aromatic N) is 1. The van der Waals surface area contributed by atoms with Gasteiger partial charge in [-0.3, -0.25) is 4.79 Å². The van der Waals surface area contributed by atoms with E-state index in [0.29, 0.717) is 23.0 Å². The first-order chi connectivity index (χ1) is 10.5. The predicted molar refractivity (Wildman–Crippen MR) is 85.8 cm³/mol. The molecule has 4 rings (SSSR count). The van der Waals surface area contributed by atoms with E-state index in [1.54, 1.807) is 0 Å². The molecule has 118 valence electrons. The fourth-order valence-electron chi connectivity index (χ4n) is 6.72. The topological polar surface area (TPSA) is 40.9 Å². The molecule has 0 aromatic carbocycles. The van der Waals surface area contributed by atoms with Crippen LogP contribution in [0.4, 0.5) is 0 Å². The van der Waals surface area contributed by atoms with Gasteiger partial charge in [-0.25, -0.2) is 0 Å². The largest absolute Gasteiger partial charge is 0.299 e. The van der Waals surface area contributed by atoms with Crippen LogP contribution in [0.1, 0.15) is 65.2 Å². The standard InChI is InChI=1S/C20H27NO/c1-19-9-7-13(12-21)11-14(19)3-4-15-16-5-6-18(22)20(16,2)10-8-17(15)19/h11,14-17H,3-10H2,1-2H3/t14-,15-,16-,17-,19-,20-/m0/s1. The molecule has 0 aromatic rings. The van der Waals surface area contributed by atoms with E-state index < -0.39 is 0 Å². The molecule has 0 aromatic heterocycles. The van der Waals surface area contributed by atoms with E-state index in [0.717, 1.165) is 43.1 Å². The number of rotatable bonds is 0. The van der Waals surface area contributed by atoms with Gasteiger partial charge in [0.1, 0.15) is 5.78 Å². The first kappa shape index (κ1) is 14.5. The molecule has 2 heteroatoms. The van der Waals surface area contributed by atoms with Crippen molar-refractivity contribution in [1.82, 2.24) is 0 Å². The van der Waals surface area contributed by atoms with Crippen molar-refractivity contribution in [2.75, 3.05) is 0 Å². The van der Waals surface area contributed by atoms with Crippen molar-refractivity contribution >= 4 is 5.78 Å². The van der Waals surface area contributed by atoms with Gasteiger partial charge in [0.05, 0.1) is 6.07 Å². The van der Waals surface area contributed by atoms with Gasteiger partial charge in [0.2, 0.25) is 0 Å². The SMILES string of the molecule is C[C@]12CCC(C#N)=C[C@@H]1CC[C@@H]1[C@@H]2CC[C@]2(C)C(=O)CC[C@@H]12. The van der Waals surface area contributed by atoms with Crippen LogP contribution in [0.25, 0.3) is 0 Å². The average Bonchev–Trinajstić information content (AvgIpc) is 2.82. The molecule has 0 radical (unpaired) electrons. The number of fused-ring (bicyclic) bond motifs is 5. The zero-order valence-electron chi connectivity index (χ0n) is 13.9. The van der Waals surface area contributed by atoms with E-state index in [1.165, 1.54) is 25.7 Å². The third-order valence-corrected chi connectivity index (χ3v) is 8.13. The fourth-order valence-corrected chi connectivity index (χ4v) is 6.72. The Hall–Kier alpha value is -1.10. The second-order valence-electron chi connectivity index (χ2n) is 8.79. The van der Waals surface area contributed by atoms with E-state index in [9.17, 15) is 10.1 Å². The molecule has 0 amide bonds. The Morgan fingerprint density at radius 2 is 1.91 bits per heavy atom. The summed E-state index contributed by atoms with van der Waals surface area (Å²) in [5.41, 5.74) is 1.38. The third-order valence-electron chi connectivity index (χ3n) is 8.13. The summed E-state index contributed by atoms with van der Waals surface area (Å²) in [6, 6.07) is 2.39. The molecule has 3 saturated carbocycles. The minimum absolute atomic E-state index is 0.00726. The lowest BCUT2D eigenvalue weighted by Gasteiger charge is -2.58. The average molecular weight is 297 g/mol. The number of nitriles is 1. The molecular formula is C20H27NO. The smallest absolute Gasteiger partial charge is 0.139 e. The molecule has 0 aliphatic heterocycles. The van der Waals surface area contributed by atoms with Gasteiger partial charge in [-0.2, -0.15) is 5.26 Å². The first-order valence-corrected chi connectivity index (χ1v) is 9.13. The number of carbonyl (C=O) groups excluding carboxylic acids is 1. The number of Topliss-reactive ketones (excluding diaryl/α,β-unsaturated/α-hetero) is 1. The summed E-state index contributed by atoms with van der Waals surface area (Å²) in [5.74, 6) is 3.30. The van der Waals surface area contributed by atoms with Gasteiger partial charge in [0, 0.05) is 17.4 Å². The van der Waals surface area contributed by atoms with Crippen LogP contribution in [-0.2, 0) is 4.79 Å². The highest BCUT2D eigenvalue weighted by Crippen LogP contribution is 2.64. The van der Waals surface area contributed by atoms with E-state index in [1.807, 2.05) is 0 Å². The fraction of sp³-hybridized carbons (Fsp3) is 0.800. The maximum atomic E-state index is 12.4. The second-order valence-corrected chi connectivity index (χ2v) is 8.79. The molecule has 0 heterocycles. The molecule has 0 unspecified atom stereocenters. The van der Waals surface area contributed by atoms with Crippen molar-refractivity contribution in [2.45, 2.75) is 65.2 Å². The summed E-state index contributed by atoms with van der Waals surface area (Å²) in [5, 5.41) is 9.23. The van der Waals surface area contributed by atoms with Crippen LogP contribution >= 0.6 is 0 Å². The number of allylic oxidation sites excluding steroid dienone is 2. The Labute approximate surface area is 134 Å². The van der Waals surface area contributed by atoms with Gasteiger partial charge >= 0.3 is 0 Å². The van der Waals surface area contributed by atoms with Crippen molar-refractivity contribution in [2.24, 2.45) is 34.5 Å². The lowest BCUT2D eigenvalue weighted by molar-refractivity contribution is -0.135. The molecule has 3 fully saturated rings. The lowest BCUT2D eigenvalue weighted by Crippen LogP contribution is -2.52. The van der Waals surface area contributed by atoms with Crippen molar-refractivity contribution in [1.29, 1.82) is 5.26 Å². The third kappa shape index (κ3) is 1.75. The van der Waals surface area contributed by atoms with E-state index in [4.69, 9.17) is 0 Å². The molecule has 22 heavy (non-hydrogen) atoms. The van der Waals surface area contributed by atoms with Crippen molar-refractivity contribution in [3.63, 3.8) is 0 Å². The number of ketones is 1. The van der Waals surface area contributed by atoms with Gasteiger partial charge in [-0.15, -0.1) is 0 Å². The monoisotopic (exact) mass is 297 g/mol. The number of hydrogen-bond donors (Lipinski definition) is 0. The van der Waals surface area contributed by atoms with Crippen LogP contribution in [-0.4, -0.2) is 5.78 Å². The Balaban J connectivity index is 1.66. The van der Waals surface area contributed by atoms with Crippen molar-refractivity contribution in [3.05, 3.63) is 11.6 Å². The van der Waals surface area contributed by atoms with Crippen molar-refractivity contribution in [3.8, 4) is 6.07 Å². The Morgan fingerprint density at radius 1 is 1.09 bits per heavy atom. The van der Waals surface area contributed by atoms with Gasteiger partial charge in [0.15, 0.2) is 0 Å². The van der Waals surface area contributed by atoms with Gasteiger partial charge in [-0.05, 0) is 74.0 Å². The van der Waals surface area contributed by atoms with Crippen LogP contribution in [0.2, 0.25) is 0 Å². The predicted octanol–water partition coefficient (Wildman–Crippen LogP) is 4.66. The van der Waals surface area contributed by atoms with E-state index in [2.05, 4.69) is 26.0 Å². The van der Waals surface area contributed by atoms with Crippen LogP contribution < -0.4 is 0 Å². The van der Waals surface area contributed by atoms with Crippen molar-refractivity contribution < 1.29 is 4.79 Å². The Bertz CT molecular complexity index is 585. The highest BCUT2D eigenvalue weighted by molar-refractivity contribution is 5.87. The van der Waals surface area contributed by atoms with Crippen LogP contribution in [0.3, 0.4) is 0 Å². The summed E-state index contributed by atoms with van der Waals surface area (Å²) >= 11 is 0. The zero-order chi connectivity index (χ0) is 15.5. The number of carbonyl (C=O) groups is 1. The van der Waals surface area contributed by atoms with Gasteiger partial charge < -0.3 is 0 Å². The highest BCUT2D eigenvalue weighted by Gasteiger charge is 2.59. The summed E-state index contributed by atoms with van der Waals surface area (Å²) in [4.78, 5) is 12.4. The van der Waals surface area contributed by atoms with Gasteiger partial charge in [-0.1, -0.05) is 19.9 Å². The number of hydrogen-bond acceptors (Lipinski definition) is 2. The summed E-state index contributed by atoms with van der Waals surface area (Å²) in [6.45, 7) is 4.74. The molecule has 4 aliphatic rings. The van der Waals surface area contributed by atoms with Gasteiger partial charge in [0.25, 0.3) is 0 Å². The molecule has 6 atom stereocenters. The maximum Gasteiger partial charge on any atom is 0.139 e. The highest BCUT2D eigenvalue weighted by atomic mass is 16.1. The molecule has 0 bridgehead atoms. The minimum atomic E-state index is -0.00726. The lowest BCUT2D eigenvalue weighted by atomic mass is 9.46. The summed E-state index contributed by atoms with van der Waals surface area (Å²) in [7, 11) is 0. The first-order valence-electron chi connectivity index (χ1n) is 9.13. The maximum absolute atomic E-state index is 12.4. The normalized spacial score (nSPS) is 50.4. The second kappa shape index (κ2) is 4.70. The minimum Gasteiger partial charge on any atom is -0.299 e. The van der Waals surface area contributed by atoms with Crippen LogP contribution in [0, 0.1) is 45.8 Å².